The van der Waals surface area contributed by atoms with E-state index in [0.29, 0.717) is 17.0 Å². The number of esters is 2. The molecule has 0 amide bonds. The highest BCUT2D eigenvalue weighted by atomic mass is 16.5. The average Bonchev–Trinajstić information content (AvgIpc) is 3.13. The van der Waals surface area contributed by atoms with Crippen molar-refractivity contribution in [2.75, 3.05) is 19.1 Å². The third kappa shape index (κ3) is 3.14. The van der Waals surface area contributed by atoms with Gasteiger partial charge in [-0.05, 0) is 24.3 Å². The normalized spacial score (nSPS) is 13.5. The second-order valence-electron chi connectivity index (χ2n) is 5.20. The van der Waals surface area contributed by atoms with Gasteiger partial charge in [-0.15, -0.1) is 0 Å². The van der Waals surface area contributed by atoms with Gasteiger partial charge in [-0.25, -0.2) is 14.6 Å². The minimum absolute atomic E-state index is 0.0383. The van der Waals surface area contributed by atoms with Crippen LogP contribution in [-0.4, -0.2) is 31.1 Å². The van der Waals surface area contributed by atoms with E-state index in [1.807, 2.05) is 18.2 Å². The number of hydrogen-bond donors (Lipinski definition) is 0. The lowest BCUT2D eigenvalue weighted by molar-refractivity contribution is -0.139. The van der Waals surface area contributed by atoms with Crippen molar-refractivity contribution in [3.8, 4) is 11.3 Å². The number of hydrogen-bond acceptors (Lipinski definition) is 7. The van der Waals surface area contributed by atoms with Crippen LogP contribution in [0.5, 0.6) is 0 Å². The van der Waals surface area contributed by atoms with Gasteiger partial charge in [-0.3, -0.25) is 0 Å². The molecule has 26 heavy (non-hydrogen) atoms. The Kier molecular flexibility index (Phi) is 4.98. The average molecular weight is 352 g/mol. The molecule has 7 nitrogen and oxygen atoms in total. The first-order valence-electron chi connectivity index (χ1n) is 7.70. The molecule has 0 unspecified atom stereocenters. The highest BCUT2D eigenvalue weighted by molar-refractivity contribution is 6.06. The van der Waals surface area contributed by atoms with E-state index in [4.69, 9.17) is 13.9 Å². The smallest absolute Gasteiger partial charge is 0.355 e. The largest absolute Gasteiger partial charge is 0.465 e. The molecular weight excluding hydrogens is 336 g/mol. The number of benzene rings is 1. The Morgan fingerprint density at radius 2 is 1.85 bits per heavy atom. The molecule has 1 aliphatic heterocycles. The number of methoxy groups -OCH3 is 2. The molecule has 1 aromatic heterocycles. The Balaban J connectivity index is 2.23. The number of rotatable bonds is 4. The second kappa shape index (κ2) is 7.52. The number of carbonyl (C=O) groups excluding carboxylic acids is 2. The fraction of sp³-hybridized carbons (Fsp3) is 0.105. The fourth-order valence-corrected chi connectivity index (χ4v) is 2.59. The maximum absolute atomic E-state index is 12.5. The summed E-state index contributed by atoms with van der Waals surface area (Å²) < 4.78 is 15.1. The zero-order chi connectivity index (χ0) is 18.5. The first-order chi connectivity index (χ1) is 12.7. The highest BCUT2D eigenvalue weighted by Gasteiger charge is 2.28. The summed E-state index contributed by atoms with van der Waals surface area (Å²) in [6, 6.07) is 7.28. The summed E-state index contributed by atoms with van der Waals surface area (Å²) in [5, 5.41) is 0. The van der Waals surface area contributed by atoms with E-state index in [1.54, 1.807) is 35.5 Å². The van der Waals surface area contributed by atoms with Crippen molar-refractivity contribution < 1.29 is 23.5 Å². The topological polar surface area (TPSA) is 81.9 Å². The van der Waals surface area contributed by atoms with Crippen LogP contribution in [0.4, 0.5) is 5.69 Å². The lowest BCUT2D eigenvalue weighted by Crippen LogP contribution is -2.27. The van der Waals surface area contributed by atoms with Crippen molar-refractivity contribution >= 4 is 17.6 Å². The van der Waals surface area contributed by atoms with Crippen LogP contribution in [0.15, 0.2) is 77.0 Å². The van der Waals surface area contributed by atoms with E-state index in [-0.39, 0.29) is 11.3 Å². The molecule has 3 rings (SSSR count). The first-order valence-corrected chi connectivity index (χ1v) is 7.70. The molecule has 0 saturated carbocycles. The quantitative estimate of drug-likeness (QED) is 0.783. The van der Waals surface area contributed by atoms with E-state index >= 15 is 0 Å². The van der Waals surface area contributed by atoms with Crippen LogP contribution in [0, 0.1) is 0 Å². The number of para-hydroxylation sites is 1. The zero-order valence-electron chi connectivity index (χ0n) is 14.2. The van der Waals surface area contributed by atoms with Crippen molar-refractivity contribution in [3.63, 3.8) is 0 Å². The second-order valence-corrected chi connectivity index (χ2v) is 5.20. The molecule has 0 aliphatic carbocycles. The van der Waals surface area contributed by atoms with E-state index in [1.165, 1.54) is 26.7 Å². The Labute approximate surface area is 149 Å². The summed E-state index contributed by atoms with van der Waals surface area (Å²) in [4.78, 5) is 30.2. The molecule has 0 spiro atoms. The maximum Gasteiger partial charge on any atom is 0.355 e. The zero-order valence-corrected chi connectivity index (χ0v) is 14.2. The number of ether oxygens (including phenoxy) is 2. The van der Waals surface area contributed by atoms with Crippen molar-refractivity contribution in [2.45, 2.75) is 0 Å². The van der Waals surface area contributed by atoms with Crippen molar-refractivity contribution in [3.05, 3.63) is 72.6 Å². The molecule has 0 saturated heterocycles. The predicted molar refractivity (Wildman–Crippen MR) is 93.8 cm³/mol. The fourth-order valence-electron chi connectivity index (χ4n) is 2.59. The molecule has 2 heterocycles. The third-order valence-electron chi connectivity index (χ3n) is 3.75. The number of carbonyl (C=O) groups is 2. The molecule has 0 N–H and O–H groups in total. The number of allylic oxidation sites excluding steroid dienone is 2. The van der Waals surface area contributed by atoms with Crippen molar-refractivity contribution in [1.29, 1.82) is 0 Å². The van der Waals surface area contributed by atoms with Gasteiger partial charge in [0.25, 0.3) is 0 Å². The minimum atomic E-state index is -0.672. The summed E-state index contributed by atoms with van der Waals surface area (Å²) >= 11 is 0. The van der Waals surface area contributed by atoms with Crippen molar-refractivity contribution in [1.82, 2.24) is 4.98 Å². The van der Waals surface area contributed by atoms with Crippen LogP contribution in [0.2, 0.25) is 0 Å². The molecule has 1 aromatic carbocycles. The monoisotopic (exact) mass is 352 g/mol. The SMILES string of the molecule is COC(=O)C1=C(C(=O)OC)N(c2ccccc2-c2cnco2)C=CC=C1. The van der Waals surface area contributed by atoms with Crippen LogP contribution < -0.4 is 4.90 Å². The highest BCUT2D eigenvalue weighted by Crippen LogP contribution is 2.35. The van der Waals surface area contributed by atoms with E-state index in [2.05, 4.69) is 4.98 Å². The summed E-state index contributed by atoms with van der Waals surface area (Å²) in [7, 11) is 2.51. The molecule has 0 radical (unpaired) electrons. The minimum Gasteiger partial charge on any atom is -0.465 e. The van der Waals surface area contributed by atoms with Gasteiger partial charge in [0.15, 0.2) is 12.2 Å². The molecule has 0 atom stereocenters. The maximum atomic E-state index is 12.5. The van der Waals surface area contributed by atoms with E-state index < -0.39 is 11.9 Å². The summed E-state index contributed by atoms with van der Waals surface area (Å²) in [6.07, 6.45) is 9.41. The van der Waals surface area contributed by atoms with Crippen LogP contribution in [0.3, 0.4) is 0 Å². The summed E-state index contributed by atoms with van der Waals surface area (Å²) in [5.74, 6) is -0.795. The first kappa shape index (κ1) is 17.2. The summed E-state index contributed by atoms with van der Waals surface area (Å²) in [5.41, 5.74) is 1.43. The van der Waals surface area contributed by atoms with Gasteiger partial charge < -0.3 is 18.8 Å². The lowest BCUT2D eigenvalue weighted by Gasteiger charge is -2.24. The predicted octanol–water partition coefficient (Wildman–Crippen LogP) is 2.83. The van der Waals surface area contributed by atoms with Gasteiger partial charge in [0.1, 0.15) is 5.70 Å². The molecular formula is C19H16N2O5. The van der Waals surface area contributed by atoms with Gasteiger partial charge in [0.05, 0.1) is 31.7 Å². The van der Waals surface area contributed by atoms with E-state index in [9.17, 15) is 9.59 Å². The standard InChI is InChI=1S/C19H16N2O5/c1-24-18(22)14-8-5-6-10-21(17(14)19(23)25-2)15-9-4-3-7-13(15)16-11-20-12-26-16/h3-12H,1-2H3. The van der Waals surface area contributed by atoms with Gasteiger partial charge in [-0.2, -0.15) is 0 Å². The Morgan fingerprint density at radius 1 is 1.08 bits per heavy atom. The molecule has 0 bridgehead atoms. The third-order valence-corrected chi connectivity index (χ3v) is 3.75. The van der Waals surface area contributed by atoms with E-state index in [0.717, 1.165) is 0 Å². The lowest BCUT2D eigenvalue weighted by atomic mass is 10.1. The Hall–Kier alpha value is -3.61. The summed E-state index contributed by atoms with van der Waals surface area (Å²) in [6.45, 7) is 0. The van der Waals surface area contributed by atoms with Gasteiger partial charge in [-0.1, -0.05) is 18.2 Å². The van der Waals surface area contributed by atoms with Crippen molar-refractivity contribution in [2.24, 2.45) is 0 Å². The van der Waals surface area contributed by atoms with Crippen LogP contribution in [-0.2, 0) is 19.1 Å². The molecule has 2 aromatic rings. The molecule has 7 heteroatoms. The molecule has 0 fully saturated rings. The van der Waals surface area contributed by atoms with Gasteiger partial charge in [0.2, 0.25) is 0 Å². The number of aromatic nitrogens is 1. The van der Waals surface area contributed by atoms with Gasteiger partial charge >= 0.3 is 11.9 Å². The Bertz CT molecular complexity index is 910. The number of nitrogens with zero attached hydrogens (tertiary/aromatic N) is 2. The molecule has 1 aliphatic rings. The number of oxazole rings is 1. The van der Waals surface area contributed by atoms with Gasteiger partial charge in [0, 0.05) is 11.8 Å². The van der Waals surface area contributed by atoms with Crippen LogP contribution in [0.25, 0.3) is 11.3 Å². The molecule has 132 valence electrons. The Morgan fingerprint density at radius 3 is 2.54 bits per heavy atom. The van der Waals surface area contributed by atoms with Crippen LogP contribution in [0.1, 0.15) is 0 Å². The number of anilines is 1. The van der Waals surface area contributed by atoms with Crippen LogP contribution >= 0.6 is 0 Å².